The van der Waals surface area contributed by atoms with E-state index in [2.05, 4.69) is 0 Å². The summed E-state index contributed by atoms with van der Waals surface area (Å²) in [5, 5.41) is 0. The van der Waals surface area contributed by atoms with Crippen molar-refractivity contribution < 1.29 is 42.8 Å². The van der Waals surface area contributed by atoms with Crippen molar-refractivity contribution in [3.05, 3.63) is 71.4 Å². The molecule has 1 aromatic rings. The number of allylic oxidation sites excluding steroid dienone is 1. The smallest absolute Gasteiger partial charge is 0.481 e. The van der Waals surface area contributed by atoms with Gasteiger partial charge in [0.2, 0.25) is 0 Å². The van der Waals surface area contributed by atoms with E-state index in [-0.39, 0.29) is 42.4 Å². The lowest BCUT2D eigenvalue weighted by Gasteiger charge is -2.56. The highest BCUT2D eigenvalue weighted by Crippen LogP contribution is 2.63. The van der Waals surface area contributed by atoms with Crippen molar-refractivity contribution in [3.8, 4) is 11.5 Å². The summed E-state index contributed by atoms with van der Waals surface area (Å²) in [6.45, 7) is 1.02. The van der Waals surface area contributed by atoms with Gasteiger partial charge in [0.05, 0.1) is 5.41 Å². The number of carbonyl (C=O) groups is 3. The van der Waals surface area contributed by atoms with Gasteiger partial charge in [-0.2, -0.15) is 0 Å². The third-order valence-electron chi connectivity index (χ3n) is 9.20. The molecule has 10 heteroatoms. The number of hydrogen-bond acceptors (Lipinski definition) is 9. The Morgan fingerprint density at radius 3 is 2.63 bits per heavy atom. The molecule has 2 aliphatic heterocycles. The molecule has 1 saturated heterocycles. The maximum absolute atomic E-state index is 13.2. The largest absolute Gasteiger partial charge is 0.514 e. The average molecular weight is 560 g/mol. The van der Waals surface area contributed by atoms with Gasteiger partial charge in [0, 0.05) is 36.4 Å². The zero-order valence-electron chi connectivity index (χ0n) is 22.2. The van der Waals surface area contributed by atoms with Crippen LogP contribution in [-0.2, 0) is 30.8 Å². The summed E-state index contributed by atoms with van der Waals surface area (Å²) in [5.41, 5.74) is 2.49. The second-order valence-electron chi connectivity index (χ2n) is 11.6. The van der Waals surface area contributed by atoms with Crippen LogP contribution >= 0.6 is 0 Å². The first-order valence-corrected chi connectivity index (χ1v) is 14.2. The highest BCUT2D eigenvalue weighted by molar-refractivity contribution is 5.72. The highest BCUT2D eigenvalue weighted by atomic mass is 16.7. The zero-order chi connectivity index (χ0) is 27.7. The first-order valence-electron chi connectivity index (χ1n) is 14.2. The van der Waals surface area contributed by atoms with Crippen LogP contribution in [0, 0.1) is 11.8 Å². The molecule has 1 aromatic carbocycles. The molecule has 212 valence electrons. The normalized spacial score (nSPS) is 32.1. The van der Waals surface area contributed by atoms with Crippen LogP contribution in [0.4, 0.5) is 14.4 Å². The molecule has 0 saturated carbocycles. The minimum Gasteiger partial charge on any atom is -0.481 e. The fourth-order valence-corrected chi connectivity index (χ4v) is 6.93. The van der Waals surface area contributed by atoms with E-state index in [0.29, 0.717) is 38.2 Å². The Kier molecular flexibility index (Phi) is 5.49. The SMILES string of the molecule is O=C(Oc1ccc2c3c1O[C@H]1C(OC(=O)OCC4C=C4)C=CC4[C@@H](C2)N(C(=O)OCC2=CC2)CCC341)OC1C=CC1. The van der Waals surface area contributed by atoms with Gasteiger partial charge in [-0.3, -0.25) is 0 Å². The van der Waals surface area contributed by atoms with Gasteiger partial charge >= 0.3 is 18.4 Å². The van der Waals surface area contributed by atoms with Crippen LogP contribution in [0.15, 0.2) is 60.2 Å². The highest BCUT2D eigenvalue weighted by Gasteiger charge is 2.66. The molecule has 2 heterocycles. The van der Waals surface area contributed by atoms with Crippen molar-refractivity contribution in [3.63, 3.8) is 0 Å². The number of likely N-dealkylation sites (tertiary alicyclic amines) is 1. The molecule has 0 N–H and O–H groups in total. The molecule has 8 rings (SSSR count). The van der Waals surface area contributed by atoms with Crippen LogP contribution < -0.4 is 9.47 Å². The monoisotopic (exact) mass is 559 g/mol. The molecule has 1 amide bonds. The van der Waals surface area contributed by atoms with Crippen LogP contribution in [0.2, 0.25) is 0 Å². The Morgan fingerprint density at radius 2 is 1.88 bits per heavy atom. The van der Waals surface area contributed by atoms with Crippen molar-refractivity contribution in [1.29, 1.82) is 0 Å². The number of amides is 1. The van der Waals surface area contributed by atoms with Crippen molar-refractivity contribution in [2.75, 3.05) is 19.8 Å². The lowest BCUT2D eigenvalue weighted by molar-refractivity contribution is -0.0646. The minimum atomic E-state index is -0.803. The lowest BCUT2D eigenvalue weighted by atomic mass is 9.53. The number of carbonyl (C=O) groups excluding carboxylic acids is 3. The van der Waals surface area contributed by atoms with E-state index in [1.54, 1.807) is 12.1 Å². The van der Waals surface area contributed by atoms with E-state index in [0.717, 1.165) is 23.1 Å². The van der Waals surface area contributed by atoms with Crippen LogP contribution in [0.5, 0.6) is 11.5 Å². The summed E-state index contributed by atoms with van der Waals surface area (Å²) in [7, 11) is 0. The van der Waals surface area contributed by atoms with Crippen LogP contribution in [0.25, 0.3) is 0 Å². The first-order chi connectivity index (χ1) is 20.0. The van der Waals surface area contributed by atoms with Gasteiger partial charge in [0.1, 0.15) is 25.4 Å². The molecule has 7 aliphatic rings. The summed E-state index contributed by atoms with van der Waals surface area (Å²) >= 11 is 0. The van der Waals surface area contributed by atoms with Crippen LogP contribution in [-0.4, -0.2) is 67.4 Å². The lowest BCUT2D eigenvalue weighted by Crippen LogP contribution is -2.66. The molecule has 4 unspecified atom stereocenters. The zero-order valence-corrected chi connectivity index (χ0v) is 22.2. The Bertz CT molecular complexity index is 1450. The van der Waals surface area contributed by atoms with E-state index in [4.69, 9.17) is 28.4 Å². The Hall–Kier alpha value is -4.21. The number of piperidine rings is 1. The van der Waals surface area contributed by atoms with Gasteiger partial charge in [0.15, 0.2) is 17.6 Å². The van der Waals surface area contributed by atoms with E-state index < -0.39 is 29.9 Å². The van der Waals surface area contributed by atoms with Crippen molar-refractivity contribution >= 4 is 18.4 Å². The number of rotatable bonds is 7. The van der Waals surface area contributed by atoms with E-state index in [1.807, 2.05) is 47.4 Å². The minimum absolute atomic E-state index is 0.114. The Labute approximate surface area is 236 Å². The van der Waals surface area contributed by atoms with Crippen molar-refractivity contribution in [2.24, 2.45) is 11.8 Å². The van der Waals surface area contributed by atoms with Gasteiger partial charge in [-0.05, 0) is 48.6 Å². The van der Waals surface area contributed by atoms with E-state index in [9.17, 15) is 14.4 Å². The molecule has 10 nitrogen and oxygen atoms in total. The topological polar surface area (TPSA) is 110 Å². The fourth-order valence-electron chi connectivity index (χ4n) is 6.93. The van der Waals surface area contributed by atoms with Gasteiger partial charge in [-0.15, -0.1) is 0 Å². The molecular weight excluding hydrogens is 530 g/mol. The molecule has 0 radical (unpaired) electrons. The Balaban J connectivity index is 1.12. The molecule has 1 fully saturated rings. The number of hydrogen-bond donors (Lipinski definition) is 0. The third kappa shape index (κ3) is 4.10. The molecule has 41 heavy (non-hydrogen) atoms. The number of benzene rings is 1. The average Bonchev–Trinajstić information content (AvgIpc) is 3.87. The molecule has 1 spiro atoms. The standard InChI is InChI=1S/C31H29NO9/c33-28(36-15-17-4-5-17)32-13-12-31-21-9-11-24(40-29(34)37-16-18-6-7-18)27(31)41-26-23(39-30(35)38-20-2-1-3-20)10-8-19(25(26)31)14-22(21)32/h1-2,4,6-11,18,20-22,24,27H,3,5,12-16H2/t20?,21?,22-,24?,27+,31?/m1/s1. The summed E-state index contributed by atoms with van der Waals surface area (Å²) < 4.78 is 34.4. The molecule has 6 atom stereocenters. The first kappa shape index (κ1) is 24.6. The van der Waals surface area contributed by atoms with Gasteiger partial charge in [-0.1, -0.05) is 36.4 Å². The second kappa shape index (κ2) is 9.15. The second-order valence-corrected chi connectivity index (χ2v) is 11.6. The molecule has 2 bridgehead atoms. The van der Waals surface area contributed by atoms with Crippen LogP contribution in [0.1, 0.15) is 30.4 Å². The maximum Gasteiger partial charge on any atom is 0.514 e. The maximum atomic E-state index is 13.2. The number of ether oxygens (including phenoxy) is 6. The predicted octanol–water partition coefficient (Wildman–Crippen LogP) is 4.52. The van der Waals surface area contributed by atoms with Crippen molar-refractivity contribution in [2.45, 2.75) is 55.5 Å². The summed E-state index contributed by atoms with van der Waals surface area (Å²) in [6.07, 6.45) is 12.7. The summed E-state index contributed by atoms with van der Waals surface area (Å²) in [5.74, 6) is 0.771. The van der Waals surface area contributed by atoms with Gasteiger partial charge in [-0.25, -0.2) is 14.4 Å². The molecule has 0 aromatic heterocycles. The predicted molar refractivity (Wildman–Crippen MR) is 142 cm³/mol. The van der Waals surface area contributed by atoms with Gasteiger partial charge < -0.3 is 33.3 Å². The van der Waals surface area contributed by atoms with E-state index >= 15 is 0 Å². The van der Waals surface area contributed by atoms with Crippen LogP contribution in [0.3, 0.4) is 0 Å². The quantitative estimate of drug-likeness (QED) is 0.206. The van der Waals surface area contributed by atoms with E-state index in [1.165, 1.54) is 0 Å². The Morgan fingerprint density at radius 1 is 1.02 bits per heavy atom. The third-order valence-corrected chi connectivity index (χ3v) is 9.20. The van der Waals surface area contributed by atoms with Gasteiger partial charge in [0.25, 0.3) is 0 Å². The summed E-state index contributed by atoms with van der Waals surface area (Å²) in [6, 6.07) is 3.47. The summed E-state index contributed by atoms with van der Waals surface area (Å²) in [4.78, 5) is 40.2. The molecule has 5 aliphatic carbocycles. The number of nitrogens with zero attached hydrogens (tertiary/aromatic N) is 1. The fraction of sp³-hybridized carbons (Fsp3) is 0.452. The van der Waals surface area contributed by atoms with Crippen molar-refractivity contribution in [1.82, 2.24) is 4.90 Å². The molecular formula is C31H29NO9.